The second-order valence-electron chi connectivity index (χ2n) is 3.49. The molecule has 0 bridgehead atoms. The number of methoxy groups -OCH3 is 1. The van der Waals surface area contributed by atoms with Crippen molar-refractivity contribution in [2.24, 2.45) is 5.73 Å². The molecule has 0 radical (unpaired) electrons. The van der Waals surface area contributed by atoms with Crippen LogP contribution in [0.3, 0.4) is 0 Å². The predicted octanol–water partition coefficient (Wildman–Crippen LogP) is 0.739. The number of aromatic nitrogens is 3. The van der Waals surface area contributed by atoms with Crippen LogP contribution in [-0.4, -0.2) is 34.1 Å². The van der Waals surface area contributed by atoms with Crippen LogP contribution in [0.25, 0.3) is 0 Å². The molecule has 1 aromatic heterocycles. The van der Waals surface area contributed by atoms with Crippen molar-refractivity contribution >= 4 is 0 Å². The summed E-state index contributed by atoms with van der Waals surface area (Å²) in [4.78, 5) is 0. The third kappa shape index (κ3) is 3.37. The van der Waals surface area contributed by atoms with Crippen LogP contribution >= 0.6 is 0 Å². The molecule has 1 rings (SSSR count). The maximum atomic E-state index is 12.3. The molecule has 1 aromatic rings. The minimum absolute atomic E-state index is 0.159. The minimum Gasteiger partial charge on any atom is -0.467 e. The van der Waals surface area contributed by atoms with Crippen molar-refractivity contribution in [2.45, 2.75) is 32.1 Å². The van der Waals surface area contributed by atoms with Crippen LogP contribution < -0.4 is 10.5 Å². The molecule has 1 heterocycles. The van der Waals surface area contributed by atoms with Gasteiger partial charge in [0.15, 0.2) is 0 Å². The van der Waals surface area contributed by atoms with Crippen LogP contribution in [0.5, 0.6) is 6.01 Å². The number of alkyl halides is 3. The third-order valence-electron chi connectivity index (χ3n) is 1.82. The molecule has 0 aromatic carbocycles. The monoisotopic (exact) mass is 238 g/mol. The van der Waals surface area contributed by atoms with Crippen LogP contribution in [0.1, 0.15) is 12.7 Å². The molecule has 0 spiro atoms. The fourth-order valence-corrected chi connectivity index (χ4v) is 1.25. The first-order valence-electron chi connectivity index (χ1n) is 4.62. The smallest absolute Gasteiger partial charge is 0.406 e. The summed E-state index contributed by atoms with van der Waals surface area (Å²) < 4.78 is 42.4. The Balaban J connectivity index is 2.96. The fraction of sp³-hybridized carbons (Fsp3) is 0.750. The normalized spacial score (nSPS) is 13.9. The topological polar surface area (TPSA) is 66.0 Å². The Morgan fingerprint density at radius 3 is 2.50 bits per heavy atom. The zero-order valence-electron chi connectivity index (χ0n) is 8.95. The van der Waals surface area contributed by atoms with E-state index in [2.05, 4.69) is 10.2 Å². The number of hydrogen-bond donors (Lipinski definition) is 1. The van der Waals surface area contributed by atoms with E-state index in [1.54, 1.807) is 6.92 Å². The van der Waals surface area contributed by atoms with Gasteiger partial charge in [-0.15, -0.1) is 5.10 Å². The lowest BCUT2D eigenvalue weighted by Gasteiger charge is -2.12. The van der Waals surface area contributed by atoms with Crippen LogP contribution in [0.15, 0.2) is 0 Å². The van der Waals surface area contributed by atoms with Crippen molar-refractivity contribution < 1.29 is 17.9 Å². The van der Waals surface area contributed by atoms with Crippen LogP contribution in [-0.2, 0) is 13.0 Å². The molecule has 5 nitrogen and oxygen atoms in total. The maximum absolute atomic E-state index is 12.3. The van der Waals surface area contributed by atoms with E-state index in [0.29, 0.717) is 0 Å². The molecule has 0 amide bonds. The van der Waals surface area contributed by atoms with Crippen LogP contribution in [0.2, 0.25) is 0 Å². The second kappa shape index (κ2) is 4.69. The summed E-state index contributed by atoms with van der Waals surface area (Å²) in [5.74, 6) is 0.171. The van der Waals surface area contributed by atoms with Gasteiger partial charge in [-0.1, -0.05) is 5.10 Å². The number of hydrogen-bond acceptors (Lipinski definition) is 4. The number of nitrogens with zero attached hydrogens (tertiary/aromatic N) is 3. The van der Waals surface area contributed by atoms with Gasteiger partial charge in [0.25, 0.3) is 0 Å². The number of nitrogens with two attached hydrogens (primary N) is 1. The summed E-state index contributed by atoms with van der Waals surface area (Å²) in [6.07, 6.45) is -4.13. The minimum atomic E-state index is -4.34. The molecule has 0 aliphatic carbocycles. The first-order valence-corrected chi connectivity index (χ1v) is 4.62. The zero-order valence-corrected chi connectivity index (χ0v) is 8.95. The van der Waals surface area contributed by atoms with E-state index in [9.17, 15) is 13.2 Å². The summed E-state index contributed by atoms with van der Waals surface area (Å²) in [7, 11) is 1.24. The lowest BCUT2D eigenvalue weighted by molar-refractivity contribution is -0.141. The van der Waals surface area contributed by atoms with Gasteiger partial charge >= 0.3 is 12.2 Å². The van der Waals surface area contributed by atoms with Crippen molar-refractivity contribution in [2.75, 3.05) is 7.11 Å². The average Bonchev–Trinajstić information content (AvgIpc) is 2.45. The first-order chi connectivity index (χ1) is 7.33. The van der Waals surface area contributed by atoms with E-state index in [0.717, 1.165) is 4.57 Å². The number of ether oxygens (including phenoxy) is 1. The molecule has 16 heavy (non-hydrogen) atoms. The lowest BCUT2D eigenvalue weighted by atomic mass is 10.2. The van der Waals surface area contributed by atoms with E-state index < -0.39 is 12.7 Å². The van der Waals surface area contributed by atoms with Crippen molar-refractivity contribution in [3.8, 4) is 6.01 Å². The van der Waals surface area contributed by atoms with Crippen molar-refractivity contribution in [3.05, 3.63) is 5.82 Å². The van der Waals surface area contributed by atoms with Crippen molar-refractivity contribution in [3.63, 3.8) is 0 Å². The van der Waals surface area contributed by atoms with E-state index in [1.165, 1.54) is 7.11 Å². The molecular weight excluding hydrogens is 225 g/mol. The summed E-state index contributed by atoms with van der Waals surface area (Å²) >= 11 is 0. The highest BCUT2D eigenvalue weighted by molar-refractivity contribution is 5.02. The zero-order chi connectivity index (χ0) is 12.3. The first kappa shape index (κ1) is 12.8. The standard InChI is InChI=1S/C8H13F3N4O/c1-5(12)3-6-13-14-7(16-2)15(6)4-8(9,10)11/h5H,3-4,12H2,1-2H3. The van der Waals surface area contributed by atoms with Gasteiger partial charge in [0.1, 0.15) is 12.4 Å². The summed E-state index contributed by atoms with van der Waals surface area (Å²) in [5.41, 5.74) is 5.50. The Bertz CT molecular complexity index is 348. The van der Waals surface area contributed by atoms with Crippen molar-refractivity contribution in [1.82, 2.24) is 14.8 Å². The summed E-state index contributed by atoms with van der Waals surface area (Å²) in [5, 5.41) is 7.13. The molecule has 92 valence electrons. The quantitative estimate of drug-likeness (QED) is 0.840. The Morgan fingerprint density at radius 1 is 1.44 bits per heavy atom. The van der Waals surface area contributed by atoms with E-state index in [-0.39, 0.29) is 24.3 Å². The molecule has 1 unspecified atom stereocenters. The Hall–Kier alpha value is -1.31. The number of halogens is 3. The highest BCUT2D eigenvalue weighted by atomic mass is 19.4. The van der Waals surface area contributed by atoms with Gasteiger partial charge in [0.05, 0.1) is 7.11 Å². The fourth-order valence-electron chi connectivity index (χ4n) is 1.25. The van der Waals surface area contributed by atoms with Gasteiger partial charge in [0.2, 0.25) is 0 Å². The van der Waals surface area contributed by atoms with Gasteiger partial charge < -0.3 is 10.5 Å². The second-order valence-corrected chi connectivity index (χ2v) is 3.49. The van der Waals surface area contributed by atoms with Gasteiger partial charge in [-0.25, -0.2) is 0 Å². The average molecular weight is 238 g/mol. The van der Waals surface area contributed by atoms with Gasteiger partial charge in [0, 0.05) is 12.5 Å². The Morgan fingerprint density at radius 2 is 2.06 bits per heavy atom. The molecule has 8 heteroatoms. The maximum Gasteiger partial charge on any atom is 0.406 e. The van der Waals surface area contributed by atoms with E-state index in [4.69, 9.17) is 10.5 Å². The molecule has 2 N–H and O–H groups in total. The van der Waals surface area contributed by atoms with Gasteiger partial charge in [-0.3, -0.25) is 4.57 Å². The molecule has 0 aliphatic rings. The molecular formula is C8H13F3N4O. The lowest BCUT2D eigenvalue weighted by Crippen LogP contribution is -2.24. The summed E-state index contributed by atoms with van der Waals surface area (Å²) in [6, 6.07) is -0.450. The molecule has 0 fully saturated rings. The molecule has 0 aliphatic heterocycles. The van der Waals surface area contributed by atoms with E-state index >= 15 is 0 Å². The van der Waals surface area contributed by atoms with E-state index in [1.807, 2.05) is 0 Å². The Labute approximate surface area is 90.4 Å². The number of rotatable bonds is 4. The van der Waals surface area contributed by atoms with Gasteiger partial charge in [-0.2, -0.15) is 13.2 Å². The van der Waals surface area contributed by atoms with Crippen molar-refractivity contribution in [1.29, 1.82) is 0 Å². The van der Waals surface area contributed by atoms with Crippen LogP contribution in [0, 0.1) is 0 Å². The molecule has 1 atom stereocenters. The summed E-state index contributed by atoms with van der Waals surface area (Å²) in [6.45, 7) is 0.504. The molecule has 0 saturated heterocycles. The molecule has 0 saturated carbocycles. The largest absolute Gasteiger partial charge is 0.467 e. The predicted molar refractivity (Wildman–Crippen MR) is 50.0 cm³/mol. The SMILES string of the molecule is COc1nnc(CC(C)N)n1CC(F)(F)F. The highest BCUT2D eigenvalue weighted by Gasteiger charge is 2.31. The Kier molecular flexibility index (Phi) is 3.74. The third-order valence-corrected chi connectivity index (χ3v) is 1.82. The highest BCUT2D eigenvalue weighted by Crippen LogP contribution is 2.22. The van der Waals surface area contributed by atoms with Crippen LogP contribution in [0.4, 0.5) is 13.2 Å². The van der Waals surface area contributed by atoms with Gasteiger partial charge in [-0.05, 0) is 6.92 Å².